The number of rotatable bonds is 4. The summed E-state index contributed by atoms with van der Waals surface area (Å²) in [5.74, 6) is 1.95. The average Bonchev–Trinajstić information content (AvgIpc) is 3.49. The van der Waals surface area contributed by atoms with Crippen LogP contribution >= 0.6 is 0 Å². The van der Waals surface area contributed by atoms with Gasteiger partial charge in [-0.2, -0.15) is 0 Å². The Hall–Kier alpha value is -2.70. The molecule has 0 amide bonds. The van der Waals surface area contributed by atoms with Gasteiger partial charge < -0.3 is 20.5 Å². The average molecular weight is 473 g/mol. The van der Waals surface area contributed by atoms with Gasteiger partial charge in [-0.15, -0.1) is 0 Å². The van der Waals surface area contributed by atoms with E-state index in [4.69, 9.17) is 25.2 Å². The SMILES string of the molecule is Cc1cc(N)cc([C@@H](C)Nc2nc(C)nc3c4c(c(C5CCC6(CC5)OCCO6)cc23)CCC4)c1. The fourth-order valence-corrected chi connectivity index (χ4v) is 6.52. The maximum atomic E-state index is 6.14. The summed E-state index contributed by atoms with van der Waals surface area (Å²) in [6, 6.07) is 8.73. The van der Waals surface area contributed by atoms with Crippen molar-refractivity contribution in [2.45, 2.75) is 83.5 Å². The number of aryl methyl sites for hydroxylation is 3. The predicted molar refractivity (Wildman–Crippen MR) is 140 cm³/mol. The van der Waals surface area contributed by atoms with Crippen molar-refractivity contribution >= 4 is 22.4 Å². The summed E-state index contributed by atoms with van der Waals surface area (Å²) in [5.41, 5.74) is 14.9. The molecule has 2 heterocycles. The van der Waals surface area contributed by atoms with E-state index in [0.717, 1.165) is 80.0 Å². The third-order valence-electron chi connectivity index (χ3n) is 8.19. The molecule has 0 unspecified atom stereocenters. The van der Waals surface area contributed by atoms with E-state index in [1.54, 1.807) is 0 Å². The van der Waals surface area contributed by atoms with E-state index in [1.807, 2.05) is 13.0 Å². The molecule has 184 valence electrons. The number of benzene rings is 2. The molecule has 3 aromatic rings. The number of fused-ring (bicyclic) bond motifs is 3. The van der Waals surface area contributed by atoms with Gasteiger partial charge in [0.1, 0.15) is 11.6 Å². The molecule has 1 aliphatic heterocycles. The lowest BCUT2D eigenvalue weighted by Gasteiger charge is -2.36. The summed E-state index contributed by atoms with van der Waals surface area (Å²) in [6.07, 6.45) is 7.62. The summed E-state index contributed by atoms with van der Waals surface area (Å²) >= 11 is 0. The zero-order valence-corrected chi connectivity index (χ0v) is 21.1. The van der Waals surface area contributed by atoms with Crippen LogP contribution < -0.4 is 11.1 Å². The maximum absolute atomic E-state index is 6.14. The lowest BCUT2D eigenvalue weighted by atomic mass is 9.78. The summed E-state index contributed by atoms with van der Waals surface area (Å²) in [7, 11) is 0. The molecule has 2 aromatic carbocycles. The molecule has 1 spiro atoms. The quantitative estimate of drug-likeness (QED) is 0.461. The van der Waals surface area contributed by atoms with E-state index in [0.29, 0.717) is 5.92 Å². The minimum atomic E-state index is -0.325. The van der Waals surface area contributed by atoms with Crippen molar-refractivity contribution in [2.75, 3.05) is 24.3 Å². The molecule has 0 radical (unpaired) electrons. The molecule has 6 heteroatoms. The number of aromatic nitrogens is 2. The predicted octanol–water partition coefficient (Wildman–Crippen LogP) is 5.89. The van der Waals surface area contributed by atoms with E-state index in [2.05, 4.69) is 37.4 Å². The van der Waals surface area contributed by atoms with Crippen LogP contribution in [0.15, 0.2) is 24.3 Å². The summed E-state index contributed by atoms with van der Waals surface area (Å²) in [6.45, 7) is 7.72. The van der Waals surface area contributed by atoms with Crippen molar-refractivity contribution in [3.05, 3.63) is 57.9 Å². The molecule has 6 nitrogen and oxygen atoms in total. The largest absolute Gasteiger partial charge is 0.399 e. The van der Waals surface area contributed by atoms with Gasteiger partial charge in [0.15, 0.2) is 5.79 Å². The van der Waals surface area contributed by atoms with Gasteiger partial charge in [0, 0.05) is 23.9 Å². The third-order valence-corrected chi connectivity index (χ3v) is 8.19. The molecule has 6 rings (SSSR count). The zero-order valence-electron chi connectivity index (χ0n) is 21.1. The van der Waals surface area contributed by atoms with Gasteiger partial charge >= 0.3 is 0 Å². The standard InChI is InChI=1S/C29H36N4O2/c1-17-13-21(15-22(30)14-17)18(2)31-28-26-16-25(20-7-9-29(10-8-20)34-11-12-35-29)23-5-4-6-24(23)27(26)32-19(3)33-28/h13-16,18,20H,4-12,30H2,1-3H3,(H,31,32,33)/t18-/m1/s1. The van der Waals surface area contributed by atoms with Crippen LogP contribution in [0.3, 0.4) is 0 Å². The van der Waals surface area contributed by atoms with E-state index in [-0.39, 0.29) is 11.8 Å². The Balaban J connectivity index is 1.38. The first kappa shape index (κ1) is 22.7. The van der Waals surface area contributed by atoms with Crippen molar-refractivity contribution in [3.63, 3.8) is 0 Å². The summed E-state index contributed by atoms with van der Waals surface area (Å²) in [5, 5.41) is 4.86. The second-order valence-electron chi connectivity index (χ2n) is 10.7. The first-order chi connectivity index (χ1) is 16.9. The highest BCUT2D eigenvalue weighted by atomic mass is 16.7. The molecular formula is C29H36N4O2. The number of nitrogens with two attached hydrogens (primary N) is 1. The van der Waals surface area contributed by atoms with Crippen LogP contribution in [0.5, 0.6) is 0 Å². The molecule has 1 atom stereocenters. The molecule has 1 saturated heterocycles. The lowest BCUT2D eigenvalue weighted by Crippen LogP contribution is -2.34. The van der Waals surface area contributed by atoms with Crippen LogP contribution in [0.1, 0.15) is 84.6 Å². The van der Waals surface area contributed by atoms with Crippen molar-refractivity contribution in [3.8, 4) is 0 Å². The maximum Gasteiger partial charge on any atom is 0.168 e. The van der Waals surface area contributed by atoms with Crippen LogP contribution in [0.25, 0.3) is 10.9 Å². The molecule has 1 saturated carbocycles. The first-order valence-electron chi connectivity index (χ1n) is 13.2. The molecule has 35 heavy (non-hydrogen) atoms. The monoisotopic (exact) mass is 472 g/mol. The fraction of sp³-hybridized carbons (Fsp3) is 0.517. The third kappa shape index (κ3) is 4.17. The number of ether oxygens (including phenoxy) is 2. The number of hydrogen-bond acceptors (Lipinski definition) is 6. The smallest absolute Gasteiger partial charge is 0.168 e. The highest BCUT2D eigenvalue weighted by Crippen LogP contribution is 2.46. The van der Waals surface area contributed by atoms with Crippen LogP contribution in [0.2, 0.25) is 0 Å². The summed E-state index contributed by atoms with van der Waals surface area (Å²) < 4.78 is 12.0. The second kappa shape index (κ2) is 8.75. The van der Waals surface area contributed by atoms with Crippen molar-refractivity contribution in [1.82, 2.24) is 9.97 Å². The van der Waals surface area contributed by atoms with Gasteiger partial charge in [-0.25, -0.2) is 9.97 Å². The Kier molecular flexibility index (Phi) is 5.69. The normalized spacial score (nSPS) is 20.4. The number of nitrogen functional groups attached to an aromatic ring is 1. The molecule has 2 aliphatic carbocycles. The van der Waals surface area contributed by atoms with Crippen molar-refractivity contribution in [2.24, 2.45) is 0 Å². The van der Waals surface area contributed by atoms with E-state index < -0.39 is 0 Å². The number of nitrogens with one attached hydrogen (secondary N) is 1. The van der Waals surface area contributed by atoms with Crippen LogP contribution in [-0.4, -0.2) is 29.0 Å². The number of anilines is 2. The van der Waals surface area contributed by atoms with E-state index >= 15 is 0 Å². The Bertz CT molecular complexity index is 1250. The van der Waals surface area contributed by atoms with Gasteiger partial charge in [0.25, 0.3) is 0 Å². The van der Waals surface area contributed by atoms with Gasteiger partial charge in [-0.05, 0) is 105 Å². The zero-order chi connectivity index (χ0) is 24.2. The Morgan fingerprint density at radius 2 is 1.74 bits per heavy atom. The van der Waals surface area contributed by atoms with Gasteiger partial charge in [0.05, 0.1) is 24.8 Å². The highest BCUT2D eigenvalue weighted by molar-refractivity contribution is 5.93. The van der Waals surface area contributed by atoms with E-state index in [1.165, 1.54) is 34.2 Å². The number of hydrogen-bond donors (Lipinski definition) is 2. The summed E-state index contributed by atoms with van der Waals surface area (Å²) in [4.78, 5) is 9.84. The first-order valence-corrected chi connectivity index (χ1v) is 13.2. The van der Waals surface area contributed by atoms with Crippen LogP contribution in [0, 0.1) is 13.8 Å². The Morgan fingerprint density at radius 1 is 1.00 bits per heavy atom. The van der Waals surface area contributed by atoms with Gasteiger partial charge in [-0.1, -0.05) is 6.07 Å². The molecule has 1 aromatic heterocycles. The fourth-order valence-electron chi connectivity index (χ4n) is 6.52. The minimum absolute atomic E-state index is 0.0811. The van der Waals surface area contributed by atoms with Crippen molar-refractivity contribution < 1.29 is 9.47 Å². The Labute approximate surface area is 207 Å². The Morgan fingerprint density at radius 3 is 2.49 bits per heavy atom. The highest BCUT2D eigenvalue weighted by Gasteiger charge is 2.41. The van der Waals surface area contributed by atoms with Crippen LogP contribution in [0.4, 0.5) is 11.5 Å². The minimum Gasteiger partial charge on any atom is -0.399 e. The lowest BCUT2D eigenvalue weighted by molar-refractivity contribution is -0.178. The molecule has 3 aliphatic rings. The van der Waals surface area contributed by atoms with Crippen molar-refractivity contribution in [1.29, 1.82) is 0 Å². The topological polar surface area (TPSA) is 82.3 Å². The second-order valence-corrected chi connectivity index (χ2v) is 10.7. The van der Waals surface area contributed by atoms with Gasteiger partial charge in [0.2, 0.25) is 0 Å². The number of nitrogens with zero attached hydrogens (tertiary/aromatic N) is 2. The van der Waals surface area contributed by atoms with Gasteiger partial charge in [-0.3, -0.25) is 0 Å². The molecular weight excluding hydrogens is 436 g/mol. The molecule has 2 fully saturated rings. The molecule has 0 bridgehead atoms. The van der Waals surface area contributed by atoms with E-state index in [9.17, 15) is 0 Å². The van der Waals surface area contributed by atoms with Crippen LogP contribution in [-0.2, 0) is 22.3 Å². The molecule has 3 N–H and O–H groups in total.